The first kappa shape index (κ1) is 24.5. The Hall–Kier alpha value is -3.66. The number of nitrogens with one attached hydrogen (secondary N) is 3. The van der Waals surface area contributed by atoms with Crippen LogP contribution in [0.2, 0.25) is 5.02 Å². The van der Waals surface area contributed by atoms with Crippen molar-refractivity contribution >= 4 is 35.1 Å². The molecule has 0 atom stereocenters. The molecule has 1 amide bonds. The number of halogens is 4. The summed E-state index contributed by atoms with van der Waals surface area (Å²) in [7, 11) is 0. The highest BCUT2D eigenvalue weighted by Gasteiger charge is 2.23. The van der Waals surface area contributed by atoms with Gasteiger partial charge in [0.25, 0.3) is 5.91 Å². The van der Waals surface area contributed by atoms with Crippen LogP contribution < -0.4 is 16.0 Å². The van der Waals surface area contributed by atoms with Crippen LogP contribution in [0.5, 0.6) is 0 Å². The zero-order chi connectivity index (χ0) is 24.8. The maximum Gasteiger partial charge on any atom is 0.280 e. The summed E-state index contributed by atoms with van der Waals surface area (Å²) >= 11 is 5.94. The average molecular weight is 503 g/mol. The fraction of sp³-hybridized carbons (Fsp3) is 0.250. The first-order valence-electron chi connectivity index (χ1n) is 11.0. The third kappa shape index (κ3) is 6.92. The second kappa shape index (κ2) is 11.2. The Morgan fingerprint density at radius 3 is 2.34 bits per heavy atom. The molecule has 0 aliphatic heterocycles. The van der Waals surface area contributed by atoms with E-state index < -0.39 is 23.4 Å². The molecular weight excluding hydrogens is 481 g/mol. The summed E-state index contributed by atoms with van der Waals surface area (Å²) in [6.07, 6.45) is 6.44. The van der Waals surface area contributed by atoms with Gasteiger partial charge >= 0.3 is 0 Å². The van der Waals surface area contributed by atoms with Crippen molar-refractivity contribution in [2.75, 3.05) is 10.6 Å². The molecule has 11 heteroatoms. The van der Waals surface area contributed by atoms with E-state index in [0.29, 0.717) is 5.95 Å². The Morgan fingerprint density at radius 1 is 0.943 bits per heavy atom. The molecule has 2 aromatic carbocycles. The number of guanidine groups is 1. The van der Waals surface area contributed by atoms with E-state index in [2.05, 4.69) is 30.9 Å². The fourth-order valence-corrected chi connectivity index (χ4v) is 4.01. The smallest absolute Gasteiger partial charge is 0.280 e. The molecule has 1 aromatic heterocycles. The van der Waals surface area contributed by atoms with Crippen LogP contribution in [0.1, 0.15) is 36.0 Å². The quantitative estimate of drug-likeness (QED) is 0.329. The number of carbonyl (C=O) groups excluding carboxylic acids is 1. The number of benzene rings is 2. The summed E-state index contributed by atoms with van der Waals surface area (Å²) in [4.78, 5) is 25.0. The summed E-state index contributed by atoms with van der Waals surface area (Å²) in [5.74, 6) is -2.97. The van der Waals surface area contributed by atoms with E-state index in [1.54, 1.807) is 18.5 Å². The van der Waals surface area contributed by atoms with Crippen molar-refractivity contribution in [1.82, 2.24) is 15.3 Å². The lowest BCUT2D eigenvalue weighted by atomic mass is 9.91. The van der Waals surface area contributed by atoms with Crippen LogP contribution in [-0.4, -0.2) is 33.9 Å². The van der Waals surface area contributed by atoms with E-state index in [0.717, 1.165) is 49.9 Å². The number of hydrogen-bond donors (Lipinski definition) is 3. The number of carbonyl (C=O) groups is 1. The van der Waals surface area contributed by atoms with Crippen LogP contribution in [0.15, 0.2) is 59.9 Å². The lowest BCUT2D eigenvalue weighted by molar-refractivity contribution is 0.100. The van der Waals surface area contributed by atoms with Crippen molar-refractivity contribution in [1.29, 1.82) is 0 Å². The second-order valence-corrected chi connectivity index (χ2v) is 8.52. The SMILES string of the molecule is O=C(/N=C(/Nc1cc(F)cc(Cl)c1)N[C@H]1CC[C@@H](Nc2ncccn2)CC1)c1ccc(F)c(F)c1. The number of aromatic nitrogens is 2. The average Bonchev–Trinajstić information content (AvgIpc) is 2.82. The van der Waals surface area contributed by atoms with Crippen molar-refractivity contribution in [3.8, 4) is 0 Å². The summed E-state index contributed by atoms with van der Waals surface area (Å²) in [6.45, 7) is 0. The van der Waals surface area contributed by atoms with Gasteiger partial charge in [-0.2, -0.15) is 4.99 Å². The number of amides is 1. The van der Waals surface area contributed by atoms with Crippen molar-refractivity contribution in [3.63, 3.8) is 0 Å². The summed E-state index contributed by atoms with van der Waals surface area (Å²) in [6, 6.07) is 8.49. The van der Waals surface area contributed by atoms with Gasteiger partial charge in [-0.15, -0.1) is 0 Å². The maximum absolute atomic E-state index is 13.8. The van der Waals surface area contributed by atoms with Gasteiger partial charge in [-0.3, -0.25) is 4.79 Å². The van der Waals surface area contributed by atoms with Gasteiger partial charge in [0.05, 0.1) is 0 Å². The predicted molar refractivity (Wildman–Crippen MR) is 128 cm³/mol. The highest BCUT2D eigenvalue weighted by molar-refractivity contribution is 6.31. The number of anilines is 2. The van der Waals surface area contributed by atoms with Crippen molar-refractivity contribution in [2.45, 2.75) is 37.8 Å². The summed E-state index contributed by atoms with van der Waals surface area (Å²) in [5, 5.41) is 9.51. The molecule has 1 aliphatic carbocycles. The van der Waals surface area contributed by atoms with Gasteiger partial charge < -0.3 is 16.0 Å². The molecule has 3 N–H and O–H groups in total. The van der Waals surface area contributed by atoms with Gasteiger partial charge in [0, 0.05) is 40.8 Å². The van der Waals surface area contributed by atoms with Crippen LogP contribution in [0, 0.1) is 17.5 Å². The van der Waals surface area contributed by atoms with E-state index in [1.807, 2.05) is 0 Å². The molecule has 1 fully saturated rings. The molecule has 35 heavy (non-hydrogen) atoms. The molecule has 0 saturated heterocycles. The Bertz CT molecular complexity index is 1200. The Balaban J connectivity index is 1.47. The molecule has 0 radical (unpaired) electrons. The normalized spacial score (nSPS) is 18.1. The second-order valence-electron chi connectivity index (χ2n) is 8.09. The monoisotopic (exact) mass is 502 g/mol. The molecule has 0 bridgehead atoms. The standard InChI is InChI=1S/C24H22ClF3N6O/c25-15-11-16(26)13-19(12-15)33-24(34-22(35)14-2-7-20(27)21(28)10-14)32-18-5-3-17(4-6-18)31-23-29-8-1-9-30-23/h1-2,7-13,17-18H,3-6H2,(H,29,30,31)(H2,32,33,34,35)/t17-,18+. The van der Waals surface area contributed by atoms with Crippen LogP contribution >= 0.6 is 11.6 Å². The fourth-order valence-electron chi connectivity index (χ4n) is 3.79. The minimum atomic E-state index is -1.15. The van der Waals surface area contributed by atoms with Gasteiger partial charge in [0.2, 0.25) is 11.9 Å². The van der Waals surface area contributed by atoms with Crippen molar-refractivity contribution in [2.24, 2.45) is 4.99 Å². The molecule has 3 aromatic rings. The predicted octanol–water partition coefficient (Wildman–Crippen LogP) is 5.17. The Kier molecular flexibility index (Phi) is 7.81. The number of hydrogen-bond acceptors (Lipinski definition) is 4. The minimum Gasteiger partial charge on any atom is -0.353 e. The topological polar surface area (TPSA) is 91.3 Å². The van der Waals surface area contributed by atoms with Crippen LogP contribution in [0.4, 0.5) is 24.8 Å². The van der Waals surface area contributed by atoms with Gasteiger partial charge in [0.1, 0.15) is 5.82 Å². The summed E-state index contributed by atoms with van der Waals surface area (Å²) < 4.78 is 40.7. The molecule has 1 aliphatic rings. The van der Waals surface area contributed by atoms with E-state index >= 15 is 0 Å². The number of aliphatic imine (C=N–C) groups is 1. The van der Waals surface area contributed by atoms with E-state index in [1.165, 1.54) is 12.1 Å². The molecule has 0 spiro atoms. The van der Waals surface area contributed by atoms with Gasteiger partial charge in [0.15, 0.2) is 11.6 Å². The summed E-state index contributed by atoms with van der Waals surface area (Å²) in [5.41, 5.74) is 0.147. The molecule has 1 heterocycles. The van der Waals surface area contributed by atoms with Crippen LogP contribution in [0.3, 0.4) is 0 Å². The zero-order valence-electron chi connectivity index (χ0n) is 18.4. The Morgan fingerprint density at radius 2 is 1.66 bits per heavy atom. The molecular formula is C24H22ClF3N6O. The van der Waals surface area contributed by atoms with Gasteiger partial charge in [-0.05, 0) is 68.1 Å². The number of nitrogens with zero attached hydrogens (tertiary/aromatic N) is 3. The van der Waals surface area contributed by atoms with E-state index in [4.69, 9.17) is 11.6 Å². The van der Waals surface area contributed by atoms with Crippen LogP contribution in [0.25, 0.3) is 0 Å². The Labute approximate surface area is 204 Å². The van der Waals surface area contributed by atoms with Gasteiger partial charge in [-0.25, -0.2) is 23.1 Å². The van der Waals surface area contributed by atoms with Crippen molar-refractivity contribution in [3.05, 3.63) is 82.9 Å². The van der Waals surface area contributed by atoms with Crippen LogP contribution in [-0.2, 0) is 0 Å². The minimum absolute atomic E-state index is 0.0437. The lowest BCUT2D eigenvalue weighted by Crippen LogP contribution is -2.43. The first-order chi connectivity index (χ1) is 16.9. The largest absolute Gasteiger partial charge is 0.353 e. The molecule has 182 valence electrons. The highest BCUT2D eigenvalue weighted by atomic mass is 35.5. The van der Waals surface area contributed by atoms with E-state index in [-0.39, 0.29) is 34.3 Å². The third-order valence-electron chi connectivity index (χ3n) is 5.47. The van der Waals surface area contributed by atoms with Gasteiger partial charge in [-0.1, -0.05) is 11.6 Å². The maximum atomic E-state index is 13.8. The highest BCUT2D eigenvalue weighted by Crippen LogP contribution is 2.22. The molecule has 1 saturated carbocycles. The van der Waals surface area contributed by atoms with E-state index in [9.17, 15) is 18.0 Å². The molecule has 7 nitrogen and oxygen atoms in total. The third-order valence-corrected chi connectivity index (χ3v) is 5.69. The van der Waals surface area contributed by atoms with Crippen molar-refractivity contribution < 1.29 is 18.0 Å². The lowest BCUT2D eigenvalue weighted by Gasteiger charge is -2.30. The molecule has 0 unspecified atom stereocenters. The number of rotatable bonds is 5. The first-order valence-corrected chi connectivity index (χ1v) is 11.3. The molecule has 4 rings (SSSR count). The zero-order valence-corrected chi connectivity index (χ0v) is 19.2.